The Morgan fingerprint density at radius 2 is 1.48 bits per heavy atom. The van der Waals surface area contributed by atoms with Gasteiger partial charge in [-0.25, -0.2) is 4.79 Å². The number of benzene rings is 1. The number of likely N-dealkylation sites (tertiary alicyclic amines) is 2. The Hall–Kier alpha value is -2.04. The van der Waals surface area contributed by atoms with Gasteiger partial charge in [-0.2, -0.15) is 0 Å². The van der Waals surface area contributed by atoms with Gasteiger partial charge in [0.05, 0.1) is 0 Å². The van der Waals surface area contributed by atoms with Crippen molar-refractivity contribution in [3.8, 4) is 0 Å². The van der Waals surface area contributed by atoms with Crippen LogP contribution >= 0.6 is 0 Å². The van der Waals surface area contributed by atoms with E-state index in [0.717, 1.165) is 18.7 Å². The van der Waals surface area contributed by atoms with Gasteiger partial charge in [-0.3, -0.25) is 4.79 Å². The van der Waals surface area contributed by atoms with E-state index in [1.165, 1.54) is 0 Å². The van der Waals surface area contributed by atoms with E-state index in [-0.39, 0.29) is 12.0 Å². The van der Waals surface area contributed by atoms with E-state index < -0.39 is 5.60 Å². The standard InChI is InChI=1S/C18H24N2O3/c1-18(2,3)23-17(22)20-11-14-9-19(10-15(14)12-20)16(21)13-7-5-4-6-8-13/h4-8,14-15H,9-12H2,1-3H3. The summed E-state index contributed by atoms with van der Waals surface area (Å²) in [5.74, 6) is 0.800. The van der Waals surface area contributed by atoms with Crippen LogP contribution in [0.3, 0.4) is 0 Å². The summed E-state index contributed by atoms with van der Waals surface area (Å²) in [6, 6.07) is 9.38. The molecule has 2 amide bonds. The lowest BCUT2D eigenvalue weighted by atomic mass is 10.0. The predicted octanol–water partition coefficient (Wildman–Crippen LogP) is 2.63. The topological polar surface area (TPSA) is 49.9 Å². The van der Waals surface area contributed by atoms with Crippen molar-refractivity contribution < 1.29 is 14.3 Å². The minimum Gasteiger partial charge on any atom is -0.444 e. The summed E-state index contributed by atoms with van der Waals surface area (Å²) in [6.45, 7) is 8.43. The molecular weight excluding hydrogens is 292 g/mol. The number of carbonyl (C=O) groups excluding carboxylic acids is 2. The van der Waals surface area contributed by atoms with Gasteiger partial charge in [0.1, 0.15) is 5.60 Å². The second-order valence-corrected chi connectivity index (χ2v) is 7.48. The highest BCUT2D eigenvalue weighted by molar-refractivity contribution is 5.94. The van der Waals surface area contributed by atoms with Gasteiger partial charge in [-0.05, 0) is 32.9 Å². The number of hydrogen-bond acceptors (Lipinski definition) is 3. The Morgan fingerprint density at radius 1 is 0.957 bits per heavy atom. The maximum atomic E-state index is 12.5. The maximum absolute atomic E-state index is 12.5. The number of fused-ring (bicyclic) bond motifs is 1. The summed E-state index contributed by atoms with van der Waals surface area (Å²) in [4.78, 5) is 28.4. The summed E-state index contributed by atoms with van der Waals surface area (Å²) in [7, 11) is 0. The van der Waals surface area contributed by atoms with E-state index in [1.54, 1.807) is 4.90 Å². The molecule has 2 aliphatic rings. The molecular formula is C18H24N2O3. The van der Waals surface area contributed by atoms with Gasteiger partial charge in [-0.15, -0.1) is 0 Å². The first-order valence-corrected chi connectivity index (χ1v) is 8.16. The van der Waals surface area contributed by atoms with Gasteiger partial charge >= 0.3 is 6.09 Å². The summed E-state index contributed by atoms with van der Waals surface area (Å²) in [5, 5.41) is 0. The molecule has 124 valence electrons. The van der Waals surface area contributed by atoms with E-state index in [1.807, 2.05) is 56.0 Å². The van der Waals surface area contributed by atoms with E-state index in [9.17, 15) is 9.59 Å². The van der Waals surface area contributed by atoms with Crippen molar-refractivity contribution >= 4 is 12.0 Å². The molecule has 5 nitrogen and oxygen atoms in total. The van der Waals surface area contributed by atoms with Crippen molar-refractivity contribution in [2.45, 2.75) is 26.4 Å². The third-order valence-electron chi connectivity index (χ3n) is 4.45. The van der Waals surface area contributed by atoms with Gasteiger partial charge < -0.3 is 14.5 Å². The number of amides is 2. The molecule has 2 unspecified atom stereocenters. The molecule has 0 bridgehead atoms. The highest BCUT2D eigenvalue weighted by Gasteiger charge is 2.44. The van der Waals surface area contributed by atoms with Crippen LogP contribution in [-0.4, -0.2) is 53.6 Å². The molecule has 2 heterocycles. The Morgan fingerprint density at radius 3 is 2.00 bits per heavy atom. The third-order valence-corrected chi connectivity index (χ3v) is 4.45. The van der Waals surface area contributed by atoms with Crippen LogP contribution in [0.15, 0.2) is 30.3 Å². The quantitative estimate of drug-likeness (QED) is 0.800. The van der Waals surface area contributed by atoms with Crippen molar-refractivity contribution in [3.63, 3.8) is 0 Å². The molecule has 3 rings (SSSR count). The third kappa shape index (κ3) is 3.49. The Labute approximate surface area is 137 Å². The minimum atomic E-state index is -0.468. The number of rotatable bonds is 1. The zero-order chi connectivity index (χ0) is 16.6. The molecule has 2 atom stereocenters. The monoisotopic (exact) mass is 316 g/mol. The molecule has 2 fully saturated rings. The second kappa shape index (κ2) is 5.87. The normalized spacial score (nSPS) is 23.8. The van der Waals surface area contributed by atoms with Crippen molar-refractivity contribution in [2.24, 2.45) is 11.8 Å². The molecule has 5 heteroatoms. The molecule has 0 N–H and O–H groups in total. The largest absolute Gasteiger partial charge is 0.444 e. The van der Waals surface area contributed by atoms with Crippen molar-refractivity contribution in [1.29, 1.82) is 0 Å². The number of nitrogens with zero attached hydrogens (tertiary/aromatic N) is 2. The van der Waals surface area contributed by atoms with Crippen LogP contribution in [0.5, 0.6) is 0 Å². The van der Waals surface area contributed by atoms with Crippen LogP contribution in [0.25, 0.3) is 0 Å². The molecule has 0 aliphatic carbocycles. The molecule has 0 aromatic heterocycles. The van der Waals surface area contributed by atoms with Gasteiger partial charge in [0.15, 0.2) is 0 Å². The van der Waals surface area contributed by atoms with Crippen LogP contribution in [0, 0.1) is 11.8 Å². The fraction of sp³-hybridized carbons (Fsp3) is 0.556. The fourth-order valence-electron chi connectivity index (χ4n) is 3.40. The highest BCUT2D eigenvalue weighted by Crippen LogP contribution is 2.32. The molecule has 2 saturated heterocycles. The van der Waals surface area contributed by atoms with Gasteiger partial charge in [0.2, 0.25) is 0 Å². The Bertz CT molecular complexity index is 580. The zero-order valence-electron chi connectivity index (χ0n) is 14.0. The number of ether oxygens (including phenoxy) is 1. The molecule has 23 heavy (non-hydrogen) atoms. The lowest BCUT2D eigenvalue weighted by molar-refractivity contribution is 0.0275. The molecule has 0 saturated carbocycles. The first-order chi connectivity index (χ1) is 10.8. The van der Waals surface area contributed by atoms with Crippen molar-refractivity contribution in [1.82, 2.24) is 9.80 Å². The predicted molar refractivity (Wildman–Crippen MR) is 87.1 cm³/mol. The molecule has 2 aliphatic heterocycles. The molecule has 1 aromatic rings. The van der Waals surface area contributed by atoms with E-state index >= 15 is 0 Å². The summed E-state index contributed by atoms with van der Waals surface area (Å²) >= 11 is 0. The van der Waals surface area contributed by atoms with Crippen LogP contribution in [0.2, 0.25) is 0 Å². The fourth-order valence-corrected chi connectivity index (χ4v) is 3.40. The van der Waals surface area contributed by atoms with E-state index in [2.05, 4.69) is 0 Å². The van der Waals surface area contributed by atoms with Crippen LogP contribution < -0.4 is 0 Å². The first kappa shape index (κ1) is 15.8. The second-order valence-electron chi connectivity index (χ2n) is 7.48. The van der Waals surface area contributed by atoms with Crippen molar-refractivity contribution in [3.05, 3.63) is 35.9 Å². The smallest absolute Gasteiger partial charge is 0.410 e. The van der Waals surface area contributed by atoms with Crippen molar-refractivity contribution in [2.75, 3.05) is 26.2 Å². The SMILES string of the molecule is CC(C)(C)OC(=O)N1CC2CN(C(=O)c3ccccc3)CC2C1. The van der Waals surface area contributed by atoms with E-state index in [0.29, 0.717) is 24.9 Å². The highest BCUT2D eigenvalue weighted by atomic mass is 16.6. The van der Waals surface area contributed by atoms with Gasteiger partial charge in [0, 0.05) is 43.6 Å². The molecule has 1 aromatic carbocycles. The average Bonchev–Trinajstić information content (AvgIpc) is 3.04. The Kier molecular flexibility index (Phi) is 4.04. The molecule has 0 radical (unpaired) electrons. The molecule has 0 spiro atoms. The zero-order valence-corrected chi connectivity index (χ0v) is 14.0. The Balaban J connectivity index is 1.57. The maximum Gasteiger partial charge on any atom is 0.410 e. The summed E-state index contributed by atoms with van der Waals surface area (Å²) in [5.41, 5.74) is 0.265. The van der Waals surface area contributed by atoms with Crippen LogP contribution in [0.4, 0.5) is 4.79 Å². The number of carbonyl (C=O) groups is 2. The first-order valence-electron chi connectivity index (χ1n) is 8.16. The summed E-state index contributed by atoms with van der Waals surface area (Å²) < 4.78 is 5.44. The summed E-state index contributed by atoms with van der Waals surface area (Å²) in [6.07, 6.45) is -0.243. The van der Waals surface area contributed by atoms with Gasteiger partial charge in [0.25, 0.3) is 5.91 Å². The lowest BCUT2D eigenvalue weighted by Gasteiger charge is -2.26. The minimum absolute atomic E-state index is 0.0869. The van der Waals surface area contributed by atoms with Gasteiger partial charge in [-0.1, -0.05) is 18.2 Å². The van der Waals surface area contributed by atoms with E-state index in [4.69, 9.17) is 4.74 Å². The van der Waals surface area contributed by atoms with Crippen LogP contribution in [-0.2, 0) is 4.74 Å². The van der Waals surface area contributed by atoms with Crippen LogP contribution in [0.1, 0.15) is 31.1 Å². The number of hydrogen-bond donors (Lipinski definition) is 0. The average molecular weight is 316 g/mol. The lowest BCUT2D eigenvalue weighted by Crippen LogP contribution is -2.38.